The van der Waals surface area contributed by atoms with E-state index in [1.165, 1.54) is 18.2 Å². The molecule has 1 aliphatic heterocycles. The van der Waals surface area contributed by atoms with Crippen LogP contribution in [0.1, 0.15) is 11.3 Å². The highest BCUT2D eigenvalue weighted by Crippen LogP contribution is 2.29. The molecule has 0 aliphatic carbocycles. The first-order chi connectivity index (χ1) is 11.8. The Morgan fingerprint density at radius 3 is 2.36 bits per heavy atom. The van der Waals surface area contributed by atoms with E-state index in [2.05, 4.69) is 0 Å². The Balaban J connectivity index is 1.92. The van der Waals surface area contributed by atoms with Crippen LogP contribution in [0, 0.1) is 17.0 Å². The van der Waals surface area contributed by atoms with E-state index in [0.29, 0.717) is 16.9 Å². The second-order valence-corrected chi connectivity index (χ2v) is 5.25. The monoisotopic (exact) mass is 341 g/mol. The molecule has 0 radical (unpaired) electrons. The Bertz CT molecular complexity index is 935. The van der Waals surface area contributed by atoms with Gasteiger partial charge in [0.2, 0.25) is 0 Å². The van der Waals surface area contributed by atoms with Crippen LogP contribution in [0.25, 0.3) is 17.4 Å². The fraction of sp³-hybridized carbons (Fsp3) is 0.0625. The third kappa shape index (κ3) is 3.15. The topological polar surface area (TPSA) is 132 Å². The van der Waals surface area contributed by atoms with Gasteiger partial charge in [-0.25, -0.2) is 4.79 Å². The van der Waals surface area contributed by atoms with Crippen LogP contribution in [-0.2, 0) is 9.59 Å². The second-order valence-electron chi connectivity index (χ2n) is 5.25. The van der Waals surface area contributed by atoms with Crippen molar-refractivity contribution in [3.63, 3.8) is 0 Å². The second kappa shape index (κ2) is 6.04. The van der Waals surface area contributed by atoms with Crippen molar-refractivity contribution in [1.29, 1.82) is 0 Å². The van der Waals surface area contributed by atoms with Crippen LogP contribution < -0.4 is 10.6 Å². The minimum Gasteiger partial charge on any atom is -0.457 e. The summed E-state index contributed by atoms with van der Waals surface area (Å²) in [6.07, 6.45) is 1.21. The maximum Gasteiger partial charge on any atom is 0.328 e. The number of imide groups is 2. The molecule has 2 heterocycles. The van der Waals surface area contributed by atoms with Crippen LogP contribution in [0.3, 0.4) is 0 Å². The van der Waals surface area contributed by atoms with Gasteiger partial charge in [0, 0.05) is 17.7 Å². The van der Waals surface area contributed by atoms with Crippen LogP contribution in [-0.4, -0.2) is 22.8 Å². The van der Waals surface area contributed by atoms with Crippen molar-refractivity contribution in [1.82, 2.24) is 10.6 Å². The first-order valence-electron chi connectivity index (χ1n) is 7.09. The highest BCUT2D eigenvalue weighted by molar-refractivity contribution is 6.31. The van der Waals surface area contributed by atoms with Crippen molar-refractivity contribution >= 4 is 29.6 Å². The number of amides is 4. The largest absolute Gasteiger partial charge is 0.457 e. The number of rotatable bonds is 3. The standard InChI is InChI=1S/C16H11N3O6/c1-8-6-9(19(23)24)2-4-11(8)13-5-3-10(25-13)7-12-14(20)17-16(22)18-15(12)21/h2-7H,1H3,(H2,17,18,20,21,22). The number of non-ortho nitro benzene ring substituents is 1. The van der Waals surface area contributed by atoms with Crippen molar-refractivity contribution in [3.8, 4) is 11.3 Å². The van der Waals surface area contributed by atoms with E-state index < -0.39 is 22.8 Å². The van der Waals surface area contributed by atoms with E-state index in [4.69, 9.17) is 4.42 Å². The van der Waals surface area contributed by atoms with Gasteiger partial charge < -0.3 is 4.42 Å². The molecule has 1 aliphatic rings. The van der Waals surface area contributed by atoms with Crippen molar-refractivity contribution in [3.05, 3.63) is 57.3 Å². The van der Waals surface area contributed by atoms with E-state index in [1.54, 1.807) is 25.1 Å². The Hall–Kier alpha value is -3.75. The summed E-state index contributed by atoms with van der Waals surface area (Å²) < 4.78 is 5.59. The summed E-state index contributed by atoms with van der Waals surface area (Å²) in [7, 11) is 0. The van der Waals surface area contributed by atoms with Gasteiger partial charge in [0.25, 0.3) is 17.5 Å². The van der Waals surface area contributed by atoms with Crippen LogP contribution in [0.4, 0.5) is 10.5 Å². The average Bonchev–Trinajstić information content (AvgIpc) is 2.99. The molecule has 1 aromatic carbocycles. The number of benzene rings is 1. The van der Waals surface area contributed by atoms with E-state index in [-0.39, 0.29) is 17.0 Å². The number of carbonyl (C=O) groups excluding carboxylic acids is 3. The van der Waals surface area contributed by atoms with E-state index in [0.717, 1.165) is 0 Å². The van der Waals surface area contributed by atoms with Gasteiger partial charge in [0.15, 0.2) is 0 Å². The minimum atomic E-state index is -0.881. The highest BCUT2D eigenvalue weighted by Gasteiger charge is 2.28. The number of barbiturate groups is 1. The maximum atomic E-state index is 11.7. The molecule has 3 rings (SSSR count). The van der Waals surface area contributed by atoms with Crippen molar-refractivity contribution < 1.29 is 23.7 Å². The number of carbonyl (C=O) groups is 3. The van der Waals surface area contributed by atoms with E-state index in [9.17, 15) is 24.5 Å². The molecule has 1 fully saturated rings. The van der Waals surface area contributed by atoms with Gasteiger partial charge in [-0.2, -0.15) is 0 Å². The molecule has 0 atom stereocenters. The highest BCUT2D eigenvalue weighted by atomic mass is 16.6. The van der Waals surface area contributed by atoms with Crippen LogP contribution in [0.15, 0.2) is 40.3 Å². The quantitative estimate of drug-likeness (QED) is 0.379. The lowest BCUT2D eigenvalue weighted by molar-refractivity contribution is -0.384. The zero-order valence-corrected chi connectivity index (χ0v) is 12.9. The molecule has 0 saturated carbocycles. The van der Waals surface area contributed by atoms with Gasteiger partial charge in [-0.05, 0) is 36.8 Å². The Morgan fingerprint density at radius 2 is 1.76 bits per heavy atom. The fourth-order valence-electron chi connectivity index (χ4n) is 2.36. The van der Waals surface area contributed by atoms with Crippen molar-refractivity contribution in [2.24, 2.45) is 0 Å². The predicted octanol–water partition coefficient (Wildman–Crippen LogP) is 1.91. The normalized spacial score (nSPS) is 14.1. The summed E-state index contributed by atoms with van der Waals surface area (Å²) in [6, 6.07) is 6.61. The number of nitrogens with one attached hydrogen (secondary N) is 2. The molecule has 1 saturated heterocycles. The van der Waals surface area contributed by atoms with Gasteiger partial charge >= 0.3 is 6.03 Å². The number of hydrogen-bond acceptors (Lipinski definition) is 6. The predicted molar refractivity (Wildman–Crippen MR) is 85.2 cm³/mol. The number of nitrogens with zero attached hydrogens (tertiary/aromatic N) is 1. The first kappa shape index (κ1) is 16.1. The molecule has 1 aromatic heterocycles. The summed E-state index contributed by atoms with van der Waals surface area (Å²) in [5.41, 5.74) is 0.987. The lowest BCUT2D eigenvalue weighted by Crippen LogP contribution is -2.51. The number of aryl methyl sites for hydroxylation is 1. The molecule has 0 unspecified atom stereocenters. The van der Waals surface area contributed by atoms with Crippen molar-refractivity contribution in [2.45, 2.75) is 6.92 Å². The molecule has 25 heavy (non-hydrogen) atoms. The fourth-order valence-corrected chi connectivity index (χ4v) is 2.36. The first-order valence-corrected chi connectivity index (χ1v) is 7.09. The average molecular weight is 341 g/mol. The zero-order chi connectivity index (χ0) is 18.1. The Kier molecular flexibility index (Phi) is 3.89. The minimum absolute atomic E-state index is 0.0321. The molecule has 2 N–H and O–H groups in total. The number of furan rings is 1. The molecule has 4 amide bonds. The molecule has 9 heteroatoms. The van der Waals surface area contributed by atoms with Gasteiger partial charge in [0.05, 0.1) is 4.92 Å². The molecule has 126 valence electrons. The van der Waals surface area contributed by atoms with E-state index in [1.807, 2.05) is 10.6 Å². The lowest BCUT2D eigenvalue weighted by Gasteiger charge is -2.13. The van der Waals surface area contributed by atoms with Crippen LogP contribution >= 0.6 is 0 Å². The lowest BCUT2D eigenvalue weighted by atomic mass is 10.1. The van der Waals surface area contributed by atoms with Crippen LogP contribution in [0.5, 0.6) is 0 Å². The Morgan fingerprint density at radius 1 is 1.08 bits per heavy atom. The third-order valence-corrected chi connectivity index (χ3v) is 3.54. The zero-order valence-electron chi connectivity index (χ0n) is 12.9. The number of nitro benzene ring substituents is 1. The summed E-state index contributed by atoms with van der Waals surface area (Å²) >= 11 is 0. The van der Waals surface area contributed by atoms with Crippen molar-refractivity contribution in [2.75, 3.05) is 0 Å². The third-order valence-electron chi connectivity index (χ3n) is 3.54. The number of hydrogen-bond donors (Lipinski definition) is 2. The van der Waals surface area contributed by atoms with Gasteiger partial charge in [-0.1, -0.05) is 0 Å². The summed E-state index contributed by atoms with van der Waals surface area (Å²) in [6.45, 7) is 1.70. The van der Waals surface area contributed by atoms with E-state index >= 15 is 0 Å². The Labute approximate surface area is 140 Å². The summed E-state index contributed by atoms with van der Waals surface area (Å²) in [5, 5.41) is 14.7. The SMILES string of the molecule is Cc1cc([N+](=O)[O-])ccc1-c1ccc(C=C2C(=O)NC(=O)NC2=O)o1. The summed E-state index contributed by atoms with van der Waals surface area (Å²) in [4.78, 5) is 44.7. The maximum absolute atomic E-state index is 11.7. The van der Waals surface area contributed by atoms with Crippen LogP contribution in [0.2, 0.25) is 0 Å². The van der Waals surface area contributed by atoms with Gasteiger partial charge in [-0.3, -0.25) is 30.3 Å². The number of nitro groups is 1. The molecule has 9 nitrogen and oxygen atoms in total. The van der Waals surface area contributed by atoms with Gasteiger partial charge in [-0.15, -0.1) is 0 Å². The molecular formula is C16H11N3O6. The molecule has 2 aromatic rings. The van der Waals surface area contributed by atoms with Gasteiger partial charge in [0.1, 0.15) is 17.1 Å². The molecular weight excluding hydrogens is 330 g/mol. The summed E-state index contributed by atoms with van der Waals surface area (Å²) in [5.74, 6) is -0.995. The number of urea groups is 1. The molecule has 0 bridgehead atoms. The molecule has 0 spiro atoms. The smallest absolute Gasteiger partial charge is 0.328 e.